The average Bonchev–Trinajstić information content (AvgIpc) is 2.39. The second-order valence-corrected chi connectivity index (χ2v) is 5.47. The monoisotopic (exact) mass is 266 g/mol. The number of carboxylic acid groups (broad SMARTS) is 1. The summed E-state index contributed by atoms with van der Waals surface area (Å²) in [5, 5.41) is 8.95. The van der Waals surface area contributed by atoms with Crippen LogP contribution in [-0.2, 0) is 4.79 Å². The first kappa shape index (κ1) is 13.9. The summed E-state index contributed by atoms with van der Waals surface area (Å²) < 4.78 is 0. The lowest BCUT2D eigenvalue weighted by molar-refractivity contribution is -0.138. The van der Waals surface area contributed by atoms with Gasteiger partial charge in [-0.15, -0.1) is 0 Å². The van der Waals surface area contributed by atoms with Crippen LogP contribution < -0.4 is 0 Å². The topological polar surface area (TPSA) is 60.9 Å². The fourth-order valence-electron chi connectivity index (χ4n) is 2.79. The number of amides is 2. The van der Waals surface area contributed by atoms with Gasteiger partial charge in [0.25, 0.3) is 0 Å². The minimum atomic E-state index is -0.820. The van der Waals surface area contributed by atoms with Crippen LogP contribution in [0.1, 0.15) is 39.0 Å². The summed E-state index contributed by atoms with van der Waals surface area (Å²) in [7, 11) is 0. The van der Waals surface area contributed by atoms with Crippen molar-refractivity contribution in [1.29, 1.82) is 0 Å². The number of carbonyl (C=O) groups excluding carboxylic acids is 1. The Labute approximate surface area is 113 Å². The van der Waals surface area contributed by atoms with Gasteiger partial charge in [-0.05, 0) is 32.6 Å². The molecule has 0 radical (unpaired) electrons. The average molecular weight is 266 g/mol. The van der Waals surface area contributed by atoms with Crippen LogP contribution in [0.2, 0.25) is 0 Å². The normalized spacial score (nSPS) is 24.1. The molecule has 1 N–H and O–H groups in total. The van der Waals surface area contributed by atoms with E-state index in [0.29, 0.717) is 13.1 Å². The van der Waals surface area contributed by atoms with Crippen molar-refractivity contribution in [3.63, 3.8) is 0 Å². The van der Waals surface area contributed by atoms with E-state index in [1.807, 2.05) is 4.90 Å². The summed E-state index contributed by atoms with van der Waals surface area (Å²) in [4.78, 5) is 27.0. The highest BCUT2D eigenvalue weighted by molar-refractivity contribution is 5.76. The maximum atomic E-state index is 12.5. The van der Waals surface area contributed by atoms with Gasteiger partial charge in [0.2, 0.25) is 0 Å². The van der Waals surface area contributed by atoms with E-state index in [1.165, 1.54) is 5.57 Å². The van der Waals surface area contributed by atoms with E-state index in [1.54, 1.807) is 4.90 Å². The van der Waals surface area contributed by atoms with Gasteiger partial charge in [-0.3, -0.25) is 4.79 Å². The zero-order chi connectivity index (χ0) is 13.8. The Hall–Kier alpha value is -1.52. The van der Waals surface area contributed by atoms with Crippen molar-refractivity contribution in [3.8, 4) is 0 Å². The Morgan fingerprint density at radius 1 is 1.37 bits per heavy atom. The van der Waals surface area contributed by atoms with Crippen LogP contribution in [0.25, 0.3) is 0 Å². The van der Waals surface area contributed by atoms with Gasteiger partial charge in [-0.25, -0.2) is 4.79 Å². The molecule has 0 aromatic rings. The quantitative estimate of drug-likeness (QED) is 0.778. The van der Waals surface area contributed by atoms with Crippen molar-refractivity contribution in [3.05, 3.63) is 11.6 Å². The predicted octanol–water partition coefficient (Wildman–Crippen LogP) is 2.09. The Bertz CT molecular complexity index is 392. The second kappa shape index (κ2) is 6.08. The van der Waals surface area contributed by atoms with E-state index < -0.39 is 5.97 Å². The Balaban J connectivity index is 2.01. The molecule has 1 atom stereocenters. The number of hydrogen-bond donors (Lipinski definition) is 1. The standard InChI is InChI=1S/C14H22N2O3/c1-11-5-8-15(9-6-11)14(19)16-7-3-2-4-12(16)10-13(17)18/h5,12H,2-4,6-10H2,1H3,(H,17,18). The number of urea groups is 1. The van der Waals surface area contributed by atoms with Gasteiger partial charge in [0.1, 0.15) is 0 Å². The molecule has 2 amide bonds. The summed E-state index contributed by atoms with van der Waals surface area (Å²) >= 11 is 0. The van der Waals surface area contributed by atoms with Gasteiger partial charge in [-0.1, -0.05) is 11.6 Å². The van der Waals surface area contributed by atoms with Crippen molar-refractivity contribution in [2.45, 2.75) is 45.1 Å². The van der Waals surface area contributed by atoms with Crippen molar-refractivity contribution in [2.24, 2.45) is 0 Å². The molecule has 2 aliphatic rings. The third kappa shape index (κ3) is 3.49. The third-order valence-electron chi connectivity index (χ3n) is 3.99. The zero-order valence-corrected chi connectivity index (χ0v) is 11.5. The van der Waals surface area contributed by atoms with E-state index in [9.17, 15) is 9.59 Å². The van der Waals surface area contributed by atoms with Crippen LogP contribution in [0.4, 0.5) is 4.79 Å². The van der Waals surface area contributed by atoms with Gasteiger partial charge in [-0.2, -0.15) is 0 Å². The molecule has 1 unspecified atom stereocenters. The lowest BCUT2D eigenvalue weighted by Crippen LogP contribution is -2.51. The molecule has 0 aromatic carbocycles. The largest absolute Gasteiger partial charge is 0.481 e. The predicted molar refractivity (Wildman–Crippen MR) is 71.9 cm³/mol. The molecule has 0 spiro atoms. The summed E-state index contributed by atoms with van der Waals surface area (Å²) in [5.41, 5.74) is 1.32. The van der Waals surface area contributed by atoms with E-state index in [0.717, 1.165) is 32.2 Å². The highest BCUT2D eigenvalue weighted by atomic mass is 16.4. The molecule has 19 heavy (non-hydrogen) atoms. The van der Waals surface area contributed by atoms with E-state index in [4.69, 9.17) is 5.11 Å². The summed E-state index contributed by atoms with van der Waals surface area (Å²) in [6.07, 6.45) is 5.86. The Morgan fingerprint density at radius 3 is 2.79 bits per heavy atom. The number of likely N-dealkylation sites (tertiary alicyclic amines) is 1. The van der Waals surface area contributed by atoms with Crippen molar-refractivity contribution in [2.75, 3.05) is 19.6 Å². The first-order chi connectivity index (χ1) is 9.08. The molecule has 2 rings (SSSR count). The van der Waals surface area contributed by atoms with Gasteiger partial charge >= 0.3 is 12.0 Å². The lowest BCUT2D eigenvalue weighted by Gasteiger charge is -2.39. The Kier molecular flexibility index (Phi) is 4.45. The molecule has 2 aliphatic heterocycles. The molecule has 1 fully saturated rings. The fourth-order valence-corrected chi connectivity index (χ4v) is 2.79. The van der Waals surface area contributed by atoms with Crippen molar-refractivity contribution >= 4 is 12.0 Å². The minimum Gasteiger partial charge on any atom is -0.481 e. The second-order valence-electron chi connectivity index (χ2n) is 5.47. The maximum absolute atomic E-state index is 12.5. The van der Waals surface area contributed by atoms with Gasteiger partial charge in [0.15, 0.2) is 0 Å². The van der Waals surface area contributed by atoms with Gasteiger partial charge in [0.05, 0.1) is 6.42 Å². The molecule has 5 heteroatoms. The molecule has 0 bridgehead atoms. The molecule has 0 aliphatic carbocycles. The molecule has 106 valence electrons. The summed E-state index contributed by atoms with van der Waals surface area (Å²) in [6.45, 7) is 4.17. The number of aliphatic carboxylic acids is 1. The van der Waals surface area contributed by atoms with Crippen LogP contribution in [0, 0.1) is 0 Å². The van der Waals surface area contributed by atoms with E-state index in [-0.39, 0.29) is 18.5 Å². The number of carboxylic acids is 1. The van der Waals surface area contributed by atoms with Crippen molar-refractivity contribution < 1.29 is 14.7 Å². The number of carbonyl (C=O) groups is 2. The molecule has 2 heterocycles. The molecule has 5 nitrogen and oxygen atoms in total. The SMILES string of the molecule is CC1=CCN(C(=O)N2CCCCC2CC(=O)O)CC1. The van der Waals surface area contributed by atoms with Crippen LogP contribution in [-0.4, -0.2) is 52.6 Å². The van der Waals surface area contributed by atoms with Crippen LogP contribution in [0.15, 0.2) is 11.6 Å². The molecular weight excluding hydrogens is 244 g/mol. The first-order valence-electron chi connectivity index (χ1n) is 7.01. The summed E-state index contributed by atoms with van der Waals surface area (Å²) in [6, 6.07) is -0.125. The number of piperidine rings is 1. The number of nitrogens with zero attached hydrogens (tertiary/aromatic N) is 2. The van der Waals surface area contributed by atoms with E-state index >= 15 is 0 Å². The molecule has 0 saturated carbocycles. The molecular formula is C14H22N2O3. The maximum Gasteiger partial charge on any atom is 0.320 e. The summed E-state index contributed by atoms with van der Waals surface area (Å²) in [5.74, 6) is -0.820. The number of hydrogen-bond acceptors (Lipinski definition) is 2. The lowest BCUT2D eigenvalue weighted by atomic mass is 9.99. The van der Waals surface area contributed by atoms with Crippen LogP contribution >= 0.6 is 0 Å². The fraction of sp³-hybridized carbons (Fsp3) is 0.714. The minimum absolute atomic E-state index is 0.00898. The van der Waals surface area contributed by atoms with Gasteiger partial charge < -0.3 is 14.9 Å². The van der Waals surface area contributed by atoms with Crippen molar-refractivity contribution in [1.82, 2.24) is 9.80 Å². The molecule has 1 saturated heterocycles. The Morgan fingerprint density at radius 2 is 2.16 bits per heavy atom. The third-order valence-corrected chi connectivity index (χ3v) is 3.99. The smallest absolute Gasteiger partial charge is 0.320 e. The molecule has 0 aromatic heterocycles. The zero-order valence-electron chi connectivity index (χ0n) is 11.5. The van der Waals surface area contributed by atoms with Crippen LogP contribution in [0.3, 0.4) is 0 Å². The van der Waals surface area contributed by atoms with Gasteiger partial charge in [0, 0.05) is 25.7 Å². The number of rotatable bonds is 2. The highest BCUT2D eigenvalue weighted by Gasteiger charge is 2.31. The highest BCUT2D eigenvalue weighted by Crippen LogP contribution is 2.22. The van der Waals surface area contributed by atoms with E-state index in [2.05, 4.69) is 13.0 Å². The van der Waals surface area contributed by atoms with Crippen LogP contribution in [0.5, 0.6) is 0 Å². The first-order valence-corrected chi connectivity index (χ1v) is 7.01.